The van der Waals surface area contributed by atoms with E-state index in [0.717, 1.165) is 12.8 Å². The van der Waals surface area contributed by atoms with Gasteiger partial charge in [-0.25, -0.2) is 0 Å². The normalized spacial score (nSPS) is 23.4. The van der Waals surface area contributed by atoms with E-state index in [1.165, 1.54) is 6.07 Å². The van der Waals surface area contributed by atoms with Crippen molar-refractivity contribution in [1.82, 2.24) is 0 Å². The van der Waals surface area contributed by atoms with Gasteiger partial charge in [-0.15, -0.1) is 0 Å². The van der Waals surface area contributed by atoms with Gasteiger partial charge in [0.05, 0.1) is 16.8 Å². The van der Waals surface area contributed by atoms with Crippen molar-refractivity contribution in [2.24, 2.45) is 0 Å². The summed E-state index contributed by atoms with van der Waals surface area (Å²) in [5.74, 6) is 0.00778. The standard InChI is InChI=1S/C17H22BF3O2/c1-10-8-13(17(19,20)21)12(11-6-7-11)9-14(10)18-22-15(2,3)16(4,5)23-18/h8-9,11H,6-7H2,1-5H3. The summed E-state index contributed by atoms with van der Waals surface area (Å²) in [6, 6.07) is 2.89. The molecule has 0 amide bonds. The average Bonchev–Trinajstić information content (AvgIpc) is 3.16. The molecule has 1 aliphatic heterocycles. The first-order valence-corrected chi connectivity index (χ1v) is 8.00. The number of halogens is 3. The van der Waals surface area contributed by atoms with Crippen molar-refractivity contribution >= 4 is 12.6 Å². The summed E-state index contributed by atoms with van der Waals surface area (Å²) in [6.07, 6.45) is -2.69. The van der Waals surface area contributed by atoms with E-state index in [0.29, 0.717) is 16.6 Å². The molecule has 3 rings (SSSR count). The topological polar surface area (TPSA) is 18.5 Å². The van der Waals surface area contributed by atoms with Crippen molar-refractivity contribution in [1.29, 1.82) is 0 Å². The van der Waals surface area contributed by atoms with Crippen LogP contribution in [0.2, 0.25) is 0 Å². The Morgan fingerprint density at radius 2 is 1.57 bits per heavy atom. The van der Waals surface area contributed by atoms with E-state index in [1.807, 2.05) is 27.7 Å². The van der Waals surface area contributed by atoms with E-state index in [2.05, 4.69) is 0 Å². The molecule has 1 aliphatic carbocycles. The van der Waals surface area contributed by atoms with Gasteiger partial charge in [-0.2, -0.15) is 13.2 Å². The van der Waals surface area contributed by atoms with Crippen LogP contribution in [0.5, 0.6) is 0 Å². The number of hydrogen-bond acceptors (Lipinski definition) is 2. The minimum atomic E-state index is -4.32. The molecule has 1 aromatic carbocycles. The summed E-state index contributed by atoms with van der Waals surface area (Å²) in [5.41, 5.74) is 0.114. The predicted molar refractivity (Wildman–Crippen MR) is 83.9 cm³/mol. The molecule has 126 valence electrons. The van der Waals surface area contributed by atoms with Gasteiger partial charge in [-0.3, -0.25) is 0 Å². The number of aryl methyl sites for hydroxylation is 1. The third-order valence-electron chi connectivity index (χ3n) is 5.27. The van der Waals surface area contributed by atoms with Crippen LogP contribution in [0.25, 0.3) is 0 Å². The van der Waals surface area contributed by atoms with Gasteiger partial charge in [0.25, 0.3) is 0 Å². The van der Waals surface area contributed by atoms with E-state index in [4.69, 9.17) is 9.31 Å². The highest BCUT2D eigenvalue weighted by atomic mass is 19.4. The van der Waals surface area contributed by atoms with Crippen molar-refractivity contribution in [2.75, 3.05) is 0 Å². The van der Waals surface area contributed by atoms with Gasteiger partial charge in [0.15, 0.2) is 0 Å². The van der Waals surface area contributed by atoms with E-state index in [-0.39, 0.29) is 5.92 Å². The second-order valence-corrected chi connectivity index (χ2v) is 7.66. The monoisotopic (exact) mass is 326 g/mol. The molecule has 6 heteroatoms. The lowest BCUT2D eigenvalue weighted by Crippen LogP contribution is -2.41. The van der Waals surface area contributed by atoms with Gasteiger partial charge in [0, 0.05) is 0 Å². The maximum atomic E-state index is 13.3. The highest BCUT2D eigenvalue weighted by Crippen LogP contribution is 2.46. The molecule has 0 N–H and O–H groups in total. The molecule has 0 atom stereocenters. The van der Waals surface area contributed by atoms with Gasteiger partial charge in [0.2, 0.25) is 0 Å². The number of hydrogen-bond donors (Lipinski definition) is 0. The molecule has 0 aromatic heterocycles. The molecular formula is C17H22BF3O2. The molecule has 2 nitrogen and oxygen atoms in total. The summed E-state index contributed by atoms with van der Waals surface area (Å²) in [7, 11) is -0.625. The Balaban J connectivity index is 2.03. The molecule has 23 heavy (non-hydrogen) atoms. The summed E-state index contributed by atoms with van der Waals surface area (Å²) in [6.45, 7) is 9.44. The third kappa shape index (κ3) is 2.91. The van der Waals surface area contributed by atoms with Crippen LogP contribution in [-0.2, 0) is 15.5 Å². The Bertz CT molecular complexity index is 617. The molecule has 0 bridgehead atoms. The zero-order valence-electron chi connectivity index (χ0n) is 14.2. The molecule has 1 saturated heterocycles. The van der Waals surface area contributed by atoms with E-state index in [1.54, 1.807) is 13.0 Å². The summed E-state index contributed by atoms with van der Waals surface area (Å²) >= 11 is 0. The Kier molecular flexibility index (Phi) is 3.66. The quantitative estimate of drug-likeness (QED) is 0.759. The first-order valence-electron chi connectivity index (χ1n) is 8.00. The zero-order valence-corrected chi connectivity index (χ0v) is 14.2. The largest absolute Gasteiger partial charge is 0.495 e. The average molecular weight is 326 g/mol. The van der Waals surface area contributed by atoms with Crippen LogP contribution in [0, 0.1) is 6.92 Å². The maximum absolute atomic E-state index is 13.3. The minimum Gasteiger partial charge on any atom is -0.399 e. The van der Waals surface area contributed by atoms with Crippen molar-refractivity contribution in [3.63, 3.8) is 0 Å². The molecule has 0 radical (unpaired) electrons. The summed E-state index contributed by atoms with van der Waals surface area (Å²) in [5, 5.41) is 0. The number of alkyl halides is 3. The predicted octanol–water partition coefficient (Wildman–Crippen LogP) is 4.19. The van der Waals surface area contributed by atoms with E-state index < -0.39 is 30.1 Å². The molecular weight excluding hydrogens is 304 g/mol. The van der Waals surface area contributed by atoms with Crippen LogP contribution < -0.4 is 5.46 Å². The van der Waals surface area contributed by atoms with Crippen LogP contribution in [0.4, 0.5) is 13.2 Å². The molecule has 1 saturated carbocycles. The van der Waals surface area contributed by atoms with Crippen LogP contribution >= 0.6 is 0 Å². The first kappa shape index (κ1) is 16.8. The number of rotatable bonds is 2. The van der Waals surface area contributed by atoms with Gasteiger partial charge >= 0.3 is 13.3 Å². The van der Waals surface area contributed by atoms with Crippen molar-refractivity contribution in [3.8, 4) is 0 Å². The fraction of sp³-hybridized carbons (Fsp3) is 0.647. The van der Waals surface area contributed by atoms with E-state index >= 15 is 0 Å². The van der Waals surface area contributed by atoms with Gasteiger partial charge < -0.3 is 9.31 Å². The lowest BCUT2D eigenvalue weighted by molar-refractivity contribution is -0.138. The molecule has 1 aromatic rings. The van der Waals surface area contributed by atoms with Crippen molar-refractivity contribution < 1.29 is 22.5 Å². The molecule has 0 spiro atoms. The Hall–Kier alpha value is -1.01. The minimum absolute atomic E-state index is 0.00778. The molecule has 1 heterocycles. The second kappa shape index (κ2) is 4.99. The van der Waals surface area contributed by atoms with Crippen LogP contribution in [-0.4, -0.2) is 18.3 Å². The lowest BCUT2D eigenvalue weighted by atomic mass is 9.74. The van der Waals surface area contributed by atoms with E-state index in [9.17, 15) is 13.2 Å². The summed E-state index contributed by atoms with van der Waals surface area (Å²) < 4.78 is 51.9. The molecule has 2 fully saturated rings. The van der Waals surface area contributed by atoms with Crippen LogP contribution in [0.15, 0.2) is 12.1 Å². The Morgan fingerprint density at radius 1 is 1.04 bits per heavy atom. The van der Waals surface area contributed by atoms with Crippen molar-refractivity contribution in [2.45, 2.75) is 70.8 Å². The Labute approximate surface area is 135 Å². The van der Waals surface area contributed by atoms with Crippen molar-refractivity contribution in [3.05, 3.63) is 28.8 Å². The van der Waals surface area contributed by atoms with Gasteiger partial charge in [-0.1, -0.05) is 11.6 Å². The highest BCUT2D eigenvalue weighted by Gasteiger charge is 2.52. The van der Waals surface area contributed by atoms with Crippen LogP contribution in [0.3, 0.4) is 0 Å². The third-order valence-corrected chi connectivity index (χ3v) is 5.27. The Morgan fingerprint density at radius 3 is 2.00 bits per heavy atom. The second-order valence-electron chi connectivity index (χ2n) is 7.66. The molecule has 2 aliphatic rings. The molecule has 0 unspecified atom stereocenters. The maximum Gasteiger partial charge on any atom is 0.495 e. The number of benzene rings is 1. The van der Waals surface area contributed by atoms with Crippen LogP contribution in [0.1, 0.15) is 63.1 Å². The lowest BCUT2D eigenvalue weighted by Gasteiger charge is -2.32. The zero-order chi connectivity index (χ0) is 17.2. The SMILES string of the molecule is Cc1cc(C(F)(F)F)c(C2CC2)cc1B1OC(C)(C)C(C)(C)O1. The highest BCUT2D eigenvalue weighted by molar-refractivity contribution is 6.62. The van der Waals surface area contributed by atoms with Gasteiger partial charge in [0.1, 0.15) is 0 Å². The first-order chi connectivity index (χ1) is 10.4. The summed E-state index contributed by atoms with van der Waals surface area (Å²) in [4.78, 5) is 0. The van der Waals surface area contributed by atoms with Gasteiger partial charge in [-0.05, 0) is 70.5 Å². The fourth-order valence-corrected chi connectivity index (χ4v) is 2.94. The smallest absolute Gasteiger partial charge is 0.399 e. The fourth-order valence-electron chi connectivity index (χ4n) is 2.94.